The Morgan fingerprint density at radius 1 is 1.13 bits per heavy atom. The van der Waals surface area contributed by atoms with Gasteiger partial charge in [0, 0.05) is 11.7 Å². The van der Waals surface area contributed by atoms with E-state index in [4.69, 9.17) is 4.74 Å². The van der Waals surface area contributed by atoms with Gasteiger partial charge in [-0.15, -0.1) is 0 Å². The fourth-order valence-corrected chi connectivity index (χ4v) is 2.46. The summed E-state index contributed by atoms with van der Waals surface area (Å²) in [6.07, 6.45) is 1.70. The second kappa shape index (κ2) is 8.22. The van der Waals surface area contributed by atoms with E-state index in [9.17, 15) is 4.79 Å². The summed E-state index contributed by atoms with van der Waals surface area (Å²) >= 11 is 0. The maximum Gasteiger partial charge on any atom is 0.319 e. The molecule has 1 unspecified atom stereocenters. The van der Waals surface area contributed by atoms with Crippen LogP contribution in [0.15, 0.2) is 48.5 Å². The first-order valence-electron chi connectivity index (χ1n) is 7.90. The van der Waals surface area contributed by atoms with E-state index in [1.807, 2.05) is 49.4 Å². The molecule has 0 saturated carbocycles. The summed E-state index contributed by atoms with van der Waals surface area (Å²) in [5.74, 6) is 0.829. The molecule has 0 saturated heterocycles. The molecular formula is C19H24N2O2. The summed E-state index contributed by atoms with van der Waals surface area (Å²) in [4.78, 5) is 12.1. The second-order valence-corrected chi connectivity index (χ2v) is 5.61. The number of anilines is 1. The molecule has 0 aliphatic rings. The monoisotopic (exact) mass is 312 g/mol. The van der Waals surface area contributed by atoms with Crippen LogP contribution in [-0.4, -0.2) is 19.2 Å². The van der Waals surface area contributed by atoms with Gasteiger partial charge in [0.1, 0.15) is 5.75 Å². The highest BCUT2D eigenvalue weighted by Gasteiger charge is 2.09. The lowest BCUT2D eigenvalue weighted by atomic mass is 10.1. The summed E-state index contributed by atoms with van der Waals surface area (Å²) in [6.45, 7) is 4.08. The highest BCUT2D eigenvalue weighted by Crippen LogP contribution is 2.14. The van der Waals surface area contributed by atoms with E-state index in [1.54, 1.807) is 7.11 Å². The van der Waals surface area contributed by atoms with Crippen LogP contribution in [0.4, 0.5) is 10.5 Å². The van der Waals surface area contributed by atoms with Crippen LogP contribution >= 0.6 is 0 Å². The van der Waals surface area contributed by atoms with Crippen molar-refractivity contribution in [1.29, 1.82) is 0 Å². The predicted octanol–water partition coefficient (Wildman–Crippen LogP) is 4.01. The third kappa shape index (κ3) is 5.33. The molecule has 23 heavy (non-hydrogen) atoms. The van der Waals surface area contributed by atoms with Gasteiger partial charge in [-0.05, 0) is 55.2 Å². The van der Waals surface area contributed by atoms with E-state index in [0.717, 1.165) is 29.8 Å². The molecule has 0 bridgehead atoms. The van der Waals surface area contributed by atoms with Crippen LogP contribution in [0, 0.1) is 0 Å². The Kier molecular flexibility index (Phi) is 6.03. The van der Waals surface area contributed by atoms with E-state index in [-0.39, 0.29) is 12.1 Å². The summed E-state index contributed by atoms with van der Waals surface area (Å²) < 4.78 is 5.22. The first-order chi connectivity index (χ1) is 11.1. The van der Waals surface area contributed by atoms with Crippen molar-refractivity contribution in [2.75, 3.05) is 12.4 Å². The van der Waals surface area contributed by atoms with Gasteiger partial charge < -0.3 is 15.4 Å². The lowest BCUT2D eigenvalue weighted by Gasteiger charge is -2.15. The number of nitrogens with one attached hydrogen (secondary N) is 2. The predicted molar refractivity (Wildman–Crippen MR) is 94.1 cm³/mol. The van der Waals surface area contributed by atoms with Crippen molar-refractivity contribution >= 4 is 11.7 Å². The van der Waals surface area contributed by atoms with Gasteiger partial charge in [0.05, 0.1) is 7.11 Å². The molecular weight excluding hydrogens is 288 g/mol. The van der Waals surface area contributed by atoms with Gasteiger partial charge in [-0.3, -0.25) is 0 Å². The van der Waals surface area contributed by atoms with Crippen molar-refractivity contribution in [2.24, 2.45) is 0 Å². The molecule has 0 fully saturated rings. The van der Waals surface area contributed by atoms with Crippen molar-refractivity contribution in [3.8, 4) is 5.75 Å². The quantitative estimate of drug-likeness (QED) is 0.846. The van der Waals surface area contributed by atoms with Crippen LogP contribution in [0.25, 0.3) is 0 Å². The Labute approximate surface area is 137 Å². The highest BCUT2D eigenvalue weighted by molar-refractivity contribution is 5.89. The lowest BCUT2D eigenvalue weighted by molar-refractivity contribution is 0.249. The highest BCUT2D eigenvalue weighted by atomic mass is 16.5. The number of aryl methyl sites for hydroxylation is 1. The standard InChI is InChI=1S/C19H24N2O2/c1-4-15-7-5-9-17(12-15)21-19(22)20-14(2)11-16-8-6-10-18(13-16)23-3/h5-10,12-14H,4,11H2,1-3H3,(H2,20,21,22). The molecule has 2 aromatic carbocycles. The molecule has 1 atom stereocenters. The first kappa shape index (κ1) is 16.9. The fourth-order valence-electron chi connectivity index (χ4n) is 2.46. The Balaban J connectivity index is 1.88. The smallest absolute Gasteiger partial charge is 0.319 e. The van der Waals surface area contributed by atoms with Crippen LogP contribution in [0.2, 0.25) is 0 Å². The number of hydrogen-bond donors (Lipinski definition) is 2. The summed E-state index contributed by atoms with van der Waals surface area (Å²) in [7, 11) is 1.65. The molecule has 2 amide bonds. The number of ether oxygens (including phenoxy) is 1. The number of rotatable bonds is 6. The Bertz CT molecular complexity index is 655. The largest absolute Gasteiger partial charge is 0.497 e. The zero-order valence-electron chi connectivity index (χ0n) is 13.9. The van der Waals surface area contributed by atoms with Crippen LogP contribution in [0.1, 0.15) is 25.0 Å². The van der Waals surface area contributed by atoms with Crippen molar-refractivity contribution in [1.82, 2.24) is 5.32 Å². The molecule has 0 aliphatic carbocycles. The second-order valence-electron chi connectivity index (χ2n) is 5.61. The molecule has 122 valence electrons. The Morgan fingerprint density at radius 3 is 2.61 bits per heavy atom. The normalized spacial score (nSPS) is 11.6. The Morgan fingerprint density at radius 2 is 1.87 bits per heavy atom. The molecule has 4 nitrogen and oxygen atoms in total. The zero-order chi connectivity index (χ0) is 16.7. The topological polar surface area (TPSA) is 50.4 Å². The third-order valence-electron chi connectivity index (χ3n) is 3.65. The van der Waals surface area contributed by atoms with E-state index >= 15 is 0 Å². The number of carbonyl (C=O) groups excluding carboxylic acids is 1. The van der Waals surface area contributed by atoms with Gasteiger partial charge in [-0.1, -0.05) is 31.2 Å². The first-order valence-corrected chi connectivity index (χ1v) is 7.90. The third-order valence-corrected chi connectivity index (χ3v) is 3.65. The minimum atomic E-state index is -0.186. The van der Waals surface area contributed by atoms with E-state index in [2.05, 4.69) is 23.6 Å². The number of carbonyl (C=O) groups is 1. The van der Waals surface area contributed by atoms with E-state index < -0.39 is 0 Å². The lowest BCUT2D eigenvalue weighted by Crippen LogP contribution is -2.37. The molecule has 4 heteroatoms. The minimum absolute atomic E-state index is 0.0245. The number of methoxy groups -OCH3 is 1. The molecule has 2 N–H and O–H groups in total. The van der Waals surface area contributed by atoms with Crippen molar-refractivity contribution in [3.05, 3.63) is 59.7 Å². The maximum atomic E-state index is 12.1. The summed E-state index contributed by atoms with van der Waals surface area (Å²) in [5, 5.41) is 5.84. The van der Waals surface area contributed by atoms with E-state index in [1.165, 1.54) is 5.56 Å². The number of urea groups is 1. The minimum Gasteiger partial charge on any atom is -0.497 e. The Hall–Kier alpha value is -2.49. The molecule has 2 aromatic rings. The average molecular weight is 312 g/mol. The number of amides is 2. The number of hydrogen-bond acceptors (Lipinski definition) is 2. The molecule has 0 aliphatic heterocycles. The van der Waals surface area contributed by atoms with Gasteiger partial charge in [0.15, 0.2) is 0 Å². The maximum absolute atomic E-state index is 12.1. The van der Waals surface area contributed by atoms with Crippen LogP contribution in [-0.2, 0) is 12.8 Å². The van der Waals surface area contributed by atoms with Gasteiger partial charge in [0.2, 0.25) is 0 Å². The summed E-state index contributed by atoms with van der Waals surface area (Å²) in [5.41, 5.74) is 3.15. The molecule has 0 radical (unpaired) electrons. The van der Waals surface area contributed by atoms with Crippen molar-refractivity contribution in [3.63, 3.8) is 0 Å². The zero-order valence-corrected chi connectivity index (χ0v) is 13.9. The van der Waals surface area contributed by atoms with Gasteiger partial charge in [0.25, 0.3) is 0 Å². The van der Waals surface area contributed by atoms with Crippen LogP contribution in [0.5, 0.6) is 5.75 Å². The van der Waals surface area contributed by atoms with E-state index in [0.29, 0.717) is 0 Å². The van der Waals surface area contributed by atoms with Gasteiger partial charge in [-0.2, -0.15) is 0 Å². The van der Waals surface area contributed by atoms with Crippen LogP contribution < -0.4 is 15.4 Å². The average Bonchev–Trinajstić information content (AvgIpc) is 2.54. The molecule has 0 spiro atoms. The van der Waals surface area contributed by atoms with Crippen molar-refractivity contribution in [2.45, 2.75) is 32.7 Å². The molecule has 2 rings (SSSR count). The fraction of sp³-hybridized carbons (Fsp3) is 0.316. The van der Waals surface area contributed by atoms with Gasteiger partial charge >= 0.3 is 6.03 Å². The number of benzene rings is 2. The molecule has 0 heterocycles. The van der Waals surface area contributed by atoms with Crippen LogP contribution in [0.3, 0.4) is 0 Å². The summed E-state index contributed by atoms with van der Waals surface area (Å²) in [6, 6.07) is 15.6. The van der Waals surface area contributed by atoms with Gasteiger partial charge in [-0.25, -0.2) is 4.79 Å². The van der Waals surface area contributed by atoms with Crippen molar-refractivity contribution < 1.29 is 9.53 Å². The SMILES string of the molecule is CCc1cccc(NC(=O)NC(C)Cc2cccc(OC)c2)c1. The molecule has 0 aromatic heterocycles.